The van der Waals surface area contributed by atoms with E-state index in [-0.39, 0.29) is 5.91 Å². The van der Waals surface area contributed by atoms with Gasteiger partial charge in [0.2, 0.25) is 0 Å². The second-order valence-electron chi connectivity index (χ2n) is 7.32. The number of furan rings is 1. The first-order chi connectivity index (χ1) is 15.2. The van der Waals surface area contributed by atoms with Crippen molar-refractivity contribution in [3.05, 3.63) is 78.9 Å². The smallest absolute Gasteiger partial charge is 0.283 e. The number of carbonyl (C=O) groups is 1. The highest BCUT2D eigenvalue weighted by Crippen LogP contribution is 2.21. The van der Waals surface area contributed by atoms with Gasteiger partial charge in [0.05, 0.1) is 12.8 Å². The predicted molar refractivity (Wildman–Crippen MR) is 117 cm³/mol. The van der Waals surface area contributed by atoms with E-state index in [0.29, 0.717) is 30.6 Å². The lowest BCUT2D eigenvalue weighted by atomic mass is 10.1. The minimum Gasteiger partial charge on any atom is -0.459 e. The molecule has 0 saturated carbocycles. The second kappa shape index (κ2) is 9.86. The van der Waals surface area contributed by atoms with Gasteiger partial charge in [-0.1, -0.05) is 49.4 Å². The van der Waals surface area contributed by atoms with Crippen molar-refractivity contribution in [1.82, 2.24) is 10.2 Å². The molecule has 2 aromatic carbocycles. The van der Waals surface area contributed by atoms with Gasteiger partial charge in [0, 0.05) is 5.69 Å². The molecule has 0 fully saturated rings. The molecule has 1 atom stereocenters. The number of anilines is 1. The molecule has 1 unspecified atom stereocenters. The summed E-state index contributed by atoms with van der Waals surface area (Å²) >= 11 is 0. The number of rotatable bonds is 9. The summed E-state index contributed by atoms with van der Waals surface area (Å²) in [5, 5.41) is 11.1. The molecule has 0 aliphatic heterocycles. The molecule has 1 amide bonds. The van der Waals surface area contributed by atoms with Gasteiger partial charge in [-0.15, -0.1) is 10.2 Å². The van der Waals surface area contributed by atoms with Gasteiger partial charge in [0.1, 0.15) is 0 Å². The van der Waals surface area contributed by atoms with Gasteiger partial charge in [-0.2, -0.15) is 0 Å². The van der Waals surface area contributed by atoms with Crippen molar-refractivity contribution in [3.8, 4) is 22.8 Å². The summed E-state index contributed by atoms with van der Waals surface area (Å²) in [6, 6.07) is 21.5. The molecule has 31 heavy (non-hydrogen) atoms. The Morgan fingerprint density at radius 3 is 2.45 bits per heavy atom. The van der Waals surface area contributed by atoms with Crippen molar-refractivity contribution in [2.45, 2.75) is 19.9 Å². The van der Waals surface area contributed by atoms with E-state index in [2.05, 4.69) is 34.6 Å². The highest BCUT2D eigenvalue weighted by molar-refractivity contribution is 5.91. The fourth-order valence-electron chi connectivity index (χ4n) is 3.44. The van der Waals surface area contributed by atoms with Crippen LogP contribution in [0.4, 0.5) is 5.69 Å². The fraction of sp³-hybridized carbons (Fsp3) is 0.208. The molecule has 4 aromatic rings. The summed E-state index contributed by atoms with van der Waals surface area (Å²) in [6.07, 6.45) is 2.50. The number of benzene rings is 2. The number of nitrogens with zero attached hydrogens (tertiary/aromatic N) is 2. The van der Waals surface area contributed by atoms with Crippen molar-refractivity contribution < 1.29 is 18.5 Å². The maximum Gasteiger partial charge on any atom is 0.283 e. The minimum atomic E-state index is -0.0540. The van der Waals surface area contributed by atoms with Crippen molar-refractivity contribution in [1.29, 1.82) is 0 Å². The molecule has 4 rings (SSSR count). The lowest BCUT2D eigenvalue weighted by molar-refractivity contribution is -0.907. The Hall–Kier alpha value is -3.71. The molecule has 0 radical (unpaired) electrons. The summed E-state index contributed by atoms with van der Waals surface area (Å²) in [7, 11) is 0. The molecule has 0 aliphatic rings. The minimum absolute atomic E-state index is 0.0540. The lowest BCUT2D eigenvalue weighted by Gasteiger charge is -2.16. The number of hydrogen-bond donors (Lipinski definition) is 2. The van der Waals surface area contributed by atoms with E-state index in [1.807, 2.05) is 42.5 Å². The molecule has 0 aliphatic carbocycles. The Morgan fingerprint density at radius 2 is 1.74 bits per heavy atom. The van der Waals surface area contributed by atoms with E-state index >= 15 is 0 Å². The summed E-state index contributed by atoms with van der Waals surface area (Å²) in [5.74, 6) is 1.31. The van der Waals surface area contributed by atoms with Crippen LogP contribution in [-0.4, -0.2) is 29.2 Å². The highest BCUT2D eigenvalue weighted by atomic mass is 16.4. The van der Waals surface area contributed by atoms with E-state index in [9.17, 15) is 4.79 Å². The zero-order valence-corrected chi connectivity index (χ0v) is 17.4. The van der Waals surface area contributed by atoms with Crippen molar-refractivity contribution in [2.24, 2.45) is 0 Å². The maximum absolute atomic E-state index is 12.6. The summed E-state index contributed by atoms with van der Waals surface area (Å²) in [6.45, 7) is 3.69. The number of aromatic nitrogens is 2. The molecule has 0 bridgehead atoms. The van der Waals surface area contributed by atoms with E-state index in [0.717, 1.165) is 34.7 Å². The summed E-state index contributed by atoms with van der Waals surface area (Å²) in [5.41, 5.74) is 3.03. The first-order valence-electron chi connectivity index (χ1n) is 10.4. The molecular formula is C24H25N4O3+. The van der Waals surface area contributed by atoms with Gasteiger partial charge in [-0.3, -0.25) is 4.79 Å². The molecule has 0 spiro atoms. The quantitative estimate of drug-likeness (QED) is 0.436. The Labute approximate surface area is 180 Å². The van der Waals surface area contributed by atoms with Crippen molar-refractivity contribution >= 4 is 11.6 Å². The van der Waals surface area contributed by atoms with Crippen molar-refractivity contribution in [2.75, 3.05) is 18.4 Å². The van der Waals surface area contributed by atoms with E-state index in [4.69, 9.17) is 8.83 Å². The Bertz CT molecular complexity index is 1090. The van der Waals surface area contributed by atoms with Crippen LogP contribution in [0.5, 0.6) is 0 Å². The second-order valence-corrected chi connectivity index (χ2v) is 7.32. The van der Waals surface area contributed by atoms with Gasteiger partial charge >= 0.3 is 0 Å². The zero-order valence-electron chi connectivity index (χ0n) is 17.4. The molecule has 7 nitrogen and oxygen atoms in total. The number of nitrogens with one attached hydrogen (secondary N) is 2. The van der Waals surface area contributed by atoms with Gasteiger partial charge < -0.3 is 19.1 Å². The monoisotopic (exact) mass is 417 g/mol. The normalized spacial score (nSPS) is 11.9. The maximum atomic E-state index is 12.6. The van der Waals surface area contributed by atoms with Crippen LogP contribution in [0.1, 0.15) is 19.2 Å². The van der Waals surface area contributed by atoms with Crippen LogP contribution in [0.3, 0.4) is 0 Å². The summed E-state index contributed by atoms with van der Waals surface area (Å²) < 4.78 is 11.0. The third-order valence-corrected chi connectivity index (χ3v) is 4.89. The molecule has 2 heterocycles. The molecule has 2 aromatic heterocycles. The Morgan fingerprint density at radius 1 is 0.968 bits per heavy atom. The largest absolute Gasteiger partial charge is 0.459 e. The number of carbonyl (C=O) groups excluding carboxylic acids is 1. The SMILES string of the molecule is CCC[NH+](CC(=O)Nc1ccc(-c2ccccc2)cc1)Cc1nnc(-c2ccco2)o1. The Balaban J connectivity index is 1.35. The molecular weight excluding hydrogens is 392 g/mol. The topological polar surface area (TPSA) is 85.6 Å². The Kier molecular flexibility index (Phi) is 6.54. The highest BCUT2D eigenvalue weighted by Gasteiger charge is 2.19. The molecule has 0 saturated heterocycles. The fourth-order valence-corrected chi connectivity index (χ4v) is 3.44. The zero-order chi connectivity index (χ0) is 21.5. The molecule has 7 heteroatoms. The third kappa shape index (κ3) is 5.46. The van der Waals surface area contributed by atoms with E-state index in [1.54, 1.807) is 18.4 Å². The number of amides is 1. The van der Waals surface area contributed by atoms with Crippen LogP contribution in [0.2, 0.25) is 0 Å². The lowest BCUT2D eigenvalue weighted by Crippen LogP contribution is -3.11. The predicted octanol–water partition coefficient (Wildman–Crippen LogP) is 3.43. The van der Waals surface area contributed by atoms with Gasteiger partial charge in [-0.05, 0) is 41.8 Å². The third-order valence-electron chi connectivity index (χ3n) is 4.89. The van der Waals surface area contributed by atoms with Crippen LogP contribution in [-0.2, 0) is 11.3 Å². The first kappa shape index (κ1) is 20.6. The summed E-state index contributed by atoms with van der Waals surface area (Å²) in [4.78, 5) is 13.7. The van der Waals surface area contributed by atoms with E-state index < -0.39 is 0 Å². The molecule has 2 N–H and O–H groups in total. The van der Waals surface area contributed by atoms with Crippen LogP contribution < -0.4 is 10.2 Å². The average Bonchev–Trinajstić information content (AvgIpc) is 3.47. The standard InChI is InChI=1S/C24H24N4O3/c1-2-14-28(17-23-26-27-24(31-23)21-9-6-15-30-21)16-22(29)25-20-12-10-19(11-13-20)18-7-4-3-5-8-18/h3-13,15H,2,14,16-17H2,1H3,(H,25,29)/p+1. The first-order valence-corrected chi connectivity index (χ1v) is 10.4. The average molecular weight is 417 g/mol. The van der Waals surface area contributed by atoms with Gasteiger partial charge in [0.15, 0.2) is 18.8 Å². The van der Waals surface area contributed by atoms with Gasteiger partial charge in [0.25, 0.3) is 17.7 Å². The van der Waals surface area contributed by atoms with Crippen LogP contribution in [0.15, 0.2) is 81.8 Å². The van der Waals surface area contributed by atoms with Crippen LogP contribution in [0, 0.1) is 0 Å². The van der Waals surface area contributed by atoms with Crippen LogP contribution in [0.25, 0.3) is 22.8 Å². The van der Waals surface area contributed by atoms with Gasteiger partial charge in [-0.25, -0.2) is 0 Å². The van der Waals surface area contributed by atoms with Crippen molar-refractivity contribution in [3.63, 3.8) is 0 Å². The van der Waals surface area contributed by atoms with Crippen LogP contribution >= 0.6 is 0 Å². The number of hydrogen-bond acceptors (Lipinski definition) is 5. The molecule has 158 valence electrons. The number of quaternary nitrogens is 1. The van der Waals surface area contributed by atoms with E-state index in [1.165, 1.54) is 0 Å².